The first-order chi connectivity index (χ1) is 9.39. The van der Waals surface area contributed by atoms with E-state index in [1.807, 2.05) is 12.1 Å². The second kappa shape index (κ2) is 7.66. The monoisotopic (exact) mass is 297 g/mol. The highest BCUT2D eigenvalue weighted by Crippen LogP contribution is 2.26. The summed E-state index contributed by atoms with van der Waals surface area (Å²) < 4.78 is 16.0. The van der Waals surface area contributed by atoms with Crippen molar-refractivity contribution in [2.24, 2.45) is 0 Å². The number of methoxy groups -OCH3 is 3. The largest absolute Gasteiger partial charge is 0.497 e. The van der Waals surface area contributed by atoms with Crippen LogP contribution in [0.15, 0.2) is 18.2 Å². The minimum atomic E-state index is -1.18. The molecule has 0 spiro atoms. The molecule has 0 saturated carbocycles. The Morgan fingerprint density at radius 2 is 1.75 bits per heavy atom. The average molecular weight is 297 g/mol. The second-order valence-electron chi connectivity index (χ2n) is 6.14. The fraction of sp³-hybridized carbons (Fsp3) is 0.600. The number of hydrogen-bond donors (Lipinski definition) is 0. The van der Waals surface area contributed by atoms with Crippen molar-refractivity contribution in [3.05, 3.63) is 23.8 Å². The summed E-state index contributed by atoms with van der Waals surface area (Å²) in [4.78, 5) is 2.33. The predicted molar refractivity (Wildman–Crippen MR) is 85.2 cm³/mol. The average Bonchev–Trinajstić information content (AvgIpc) is 2.37. The molecule has 0 N–H and O–H groups in total. The van der Waals surface area contributed by atoms with Crippen LogP contribution in [0.3, 0.4) is 0 Å². The Kier molecular flexibility index (Phi) is 6.52. The highest BCUT2D eigenvalue weighted by molar-refractivity contribution is 6.76. The lowest BCUT2D eigenvalue weighted by molar-refractivity contribution is 0.0692. The van der Waals surface area contributed by atoms with Crippen LogP contribution in [0.2, 0.25) is 19.6 Å². The van der Waals surface area contributed by atoms with E-state index in [0.29, 0.717) is 6.73 Å². The van der Waals surface area contributed by atoms with Crippen LogP contribution < -0.4 is 9.47 Å². The zero-order valence-electron chi connectivity index (χ0n) is 13.5. The van der Waals surface area contributed by atoms with Gasteiger partial charge >= 0.3 is 0 Å². The van der Waals surface area contributed by atoms with Crippen LogP contribution in [0.25, 0.3) is 0 Å². The summed E-state index contributed by atoms with van der Waals surface area (Å²) in [6.45, 7) is 8.55. The molecular weight excluding hydrogens is 270 g/mol. The van der Waals surface area contributed by atoms with Crippen LogP contribution in [0.1, 0.15) is 5.56 Å². The van der Waals surface area contributed by atoms with E-state index in [4.69, 9.17) is 14.2 Å². The summed E-state index contributed by atoms with van der Waals surface area (Å²) in [7, 11) is 3.92. The molecule has 0 unspecified atom stereocenters. The van der Waals surface area contributed by atoms with Gasteiger partial charge in [0.25, 0.3) is 0 Å². The molecule has 5 heteroatoms. The Balaban J connectivity index is 2.87. The zero-order valence-corrected chi connectivity index (χ0v) is 14.5. The van der Waals surface area contributed by atoms with Crippen LogP contribution in [0.5, 0.6) is 11.5 Å². The predicted octanol–water partition coefficient (Wildman–Crippen LogP) is 2.99. The number of hydrogen-bond acceptors (Lipinski definition) is 4. The summed E-state index contributed by atoms with van der Waals surface area (Å²) in [5.74, 6) is 1.68. The van der Waals surface area contributed by atoms with Crippen LogP contribution in [-0.4, -0.2) is 47.2 Å². The molecule has 0 aliphatic carbocycles. The van der Waals surface area contributed by atoms with Crippen molar-refractivity contribution < 1.29 is 14.2 Å². The minimum Gasteiger partial charge on any atom is -0.497 e. The Labute approximate surface area is 123 Å². The maximum atomic E-state index is 5.46. The van der Waals surface area contributed by atoms with E-state index in [1.165, 1.54) is 0 Å². The number of ether oxygens (including phenoxy) is 3. The second-order valence-corrected chi connectivity index (χ2v) is 11.6. The summed E-state index contributed by atoms with van der Waals surface area (Å²) in [6, 6.07) is 5.96. The van der Waals surface area contributed by atoms with Crippen LogP contribution in [0.4, 0.5) is 0 Å². The van der Waals surface area contributed by atoms with Gasteiger partial charge in [-0.2, -0.15) is 0 Å². The van der Waals surface area contributed by atoms with Gasteiger partial charge in [0.2, 0.25) is 0 Å². The highest BCUT2D eigenvalue weighted by atomic mass is 28.3. The molecule has 20 heavy (non-hydrogen) atoms. The number of nitrogens with zero attached hydrogens (tertiary/aromatic N) is 1. The molecule has 1 aromatic rings. The number of rotatable bonds is 8. The van der Waals surface area contributed by atoms with Gasteiger partial charge in [0.05, 0.1) is 29.0 Å². The molecule has 0 bridgehead atoms. The van der Waals surface area contributed by atoms with Crippen molar-refractivity contribution in [3.63, 3.8) is 0 Å². The lowest BCUT2D eigenvalue weighted by atomic mass is 10.2. The molecule has 114 valence electrons. The highest BCUT2D eigenvalue weighted by Gasteiger charge is 2.19. The molecule has 0 saturated heterocycles. The Morgan fingerprint density at radius 3 is 2.25 bits per heavy atom. The van der Waals surface area contributed by atoms with E-state index >= 15 is 0 Å². The quantitative estimate of drug-likeness (QED) is 0.545. The van der Waals surface area contributed by atoms with Gasteiger partial charge in [0.1, 0.15) is 11.5 Å². The molecule has 0 aromatic heterocycles. The first kappa shape index (κ1) is 17.0. The molecule has 0 atom stereocenters. The van der Waals surface area contributed by atoms with Crippen LogP contribution in [-0.2, 0) is 11.3 Å². The molecule has 0 fully saturated rings. The van der Waals surface area contributed by atoms with Crippen molar-refractivity contribution >= 4 is 8.07 Å². The molecule has 0 aliphatic rings. The minimum absolute atomic E-state index is 0.638. The fourth-order valence-corrected chi connectivity index (χ4v) is 3.77. The first-order valence-corrected chi connectivity index (χ1v) is 10.5. The van der Waals surface area contributed by atoms with Crippen molar-refractivity contribution in [1.82, 2.24) is 4.90 Å². The lowest BCUT2D eigenvalue weighted by Crippen LogP contribution is -2.40. The molecule has 0 heterocycles. The Bertz CT molecular complexity index is 418. The summed E-state index contributed by atoms with van der Waals surface area (Å²) in [5.41, 5.74) is 1.16. The zero-order chi connectivity index (χ0) is 15.2. The van der Waals surface area contributed by atoms with Gasteiger partial charge in [-0.15, -0.1) is 0 Å². The van der Waals surface area contributed by atoms with Crippen molar-refractivity contribution in [3.8, 4) is 11.5 Å². The maximum Gasteiger partial charge on any atom is 0.127 e. The van der Waals surface area contributed by atoms with E-state index in [-0.39, 0.29) is 0 Å². The summed E-state index contributed by atoms with van der Waals surface area (Å²) in [5, 5.41) is 0. The van der Waals surface area contributed by atoms with Crippen molar-refractivity contribution in [2.75, 3.05) is 34.2 Å². The first-order valence-electron chi connectivity index (χ1n) is 6.82. The smallest absolute Gasteiger partial charge is 0.127 e. The Morgan fingerprint density at radius 1 is 1.05 bits per heavy atom. The topological polar surface area (TPSA) is 30.9 Å². The summed E-state index contributed by atoms with van der Waals surface area (Å²) >= 11 is 0. The van der Waals surface area contributed by atoms with Gasteiger partial charge in [-0.05, 0) is 12.2 Å². The van der Waals surface area contributed by atoms with Crippen molar-refractivity contribution in [2.45, 2.75) is 26.2 Å². The van der Waals surface area contributed by atoms with Crippen LogP contribution in [0, 0.1) is 0 Å². The van der Waals surface area contributed by atoms with Gasteiger partial charge < -0.3 is 14.2 Å². The van der Waals surface area contributed by atoms with Crippen molar-refractivity contribution in [1.29, 1.82) is 0 Å². The van der Waals surface area contributed by atoms with E-state index in [9.17, 15) is 0 Å². The molecule has 1 rings (SSSR count). The summed E-state index contributed by atoms with van der Waals surface area (Å²) in [6.07, 6.45) is 1.09. The molecule has 1 aromatic carbocycles. The maximum absolute atomic E-state index is 5.46. The molecule has 0 amide bonds. The van der Waals surface area contributed by atoms with Gasteiger partial charge in [-0.25, -0.2) is 0 Å². The molecule has 0 radical (unpaired) electrons. The van der Waals surface area contributed by atoms with Gasteiger partial charge in [0.15, 0.2) is 0 Å². The molecule has 4 nitrogen and oxygen atoms in total. The fourth-order valence-electron chi connectivity index (χ4n) is 2.22. The van der Waals surface area contributed by atoms with Gasteiger partial charge in [-0.1, -0.05) is 25.7 Å². The van der Waals surface area contributed by atoms with Gasteiger partial charge in [0, 0.05) is 25.3 Å². The van der Waals surface area contributed by atoms with E-state index < -0.39 is 8.07 Å². The van der Waals surface area contributed by atoms with Crippen LogP contribution >= 0.6 is 0 Å². The third kappa shape index (κ3) is 5.52. The van der Waals surface area contributed by atoms with E-state index in [2.05, 4.69) is 30.6 Å². The Hall–Kier alpha value is -1.04. The normalized spacial score (nSPS) is 11.8. The lowest BCUT2D eigenvalue weighted by Gasteiger charge is -2.28. The molecule has 0 aliphatic heterocycles. The standard InChI is InChI=1S/C15H27NO3Si/c1-17-11-16(12-20(4,5)6)10-13-7-8-14(18-2)9-15(13)19-3/h7-9H,10-12H2,1-6H3. The van der Waals surface area contributed by atoms with E-state index in [0.717, 1.165) is 29.8 Å². The third-order valence-electron chi connectivity index (χ3n) is 2.90. The van der Waals surface area contributed by atoms with Gasteiger partial charge in [-0.3, -0.25) is 4.90 Å². The molecular formula is C15H27NO3Si. The third-order valence-corrected chi connectivity index (χ3v) is 4.29. The number of benzene rings is 1. The van der Waals surface area contributed by atoms with E-state index in [1.54, 1.807) is 21.3 Å². The SMILES string of the molecule is COCN(Cc1ccc(OC)cc1OC)C[Si](C)(C)C.